The Labute approximate surface area is 153 Å². The first kappa shape index (κ1) is 17.4. The van der Waals surface area contributed by atoms with Crippen LogP contribution in [0.5, 0.6) is 0 Å². The van der Waals surface area contributed by atoms with Crippen LogP contribution in [-0.4, -0.2) is 10.9 Å². The molecule has 0 saturated carbocycles. The van der Waals surface area contributed by atoms with Crippen LogP contribution in [0.2, 0.25) is 5.02 Å². The molecular formula is C18H15ClFN3OS. The van der Waals surface area contributed by atoms with Crippen LogP contribution in [0.3, 0.4) is 0 Å². The summed E-state index contributed by atoms with van der Waals surface area (Å²) in [6, 6.07) is 11.4. The van der Waals surface area contributed by atoms with Gasteiger partial charge in [0.2, 0.25) is 5.91 Å². The predicted molar refractivity (Wildman–Crippen MR) is 100 cm³/mol. The summed E-state index contributed by atoms with van der Waals surface area (Å²) in [5, 5.41) is 9.00. The molecule has 2 aromatic carbocycles. The van der Waals surface area contributed by atoms with Crippen LogP contribution < -0.4 is 10.6 Å². The van der Waals surface area contributed by atoms with Crippen molar-refractivity contribution in [3.63, 3.8) is 0 Å². The second kappa shape index (κ2) is 7.63. The van der Waals surface area contributed by atoms with Crippen LogP contribution >= 0.6 is 22.9 Å². The average Bonchev–Trinajstić information content (AvgIpc) is 3.01. The summed E-state index contributed by atoms with van der Waals surface area (Å²) >= 11 is 7.44. The number of nitrogens with one attached hydrogen (secondary N) is 2. The molecule has 0 saturated heterocycles. The van der Waals surface area contributed by atoms with Gasteiger partial charge in [-0.25, -0.2) is 9.37 Å². The van der Waals surface area contributed by atoms with Gasteiger partial charge in [0.25, 0.3) is 0 Å². The topological polar surface area (TPSA) is 54.0 Å². The van der Waals surface area contributed by atoms with Gasteiger partial charge >= 0.3 is 0 Å². The van der Waals surface area contributed by atoms with E-state index in [1.165, 1.54) is 23.5 Å². The summed E-state index contributed by atoms with van der Waals surface area (Å²) < 4.78 is 12.9. The zero-order chi connectivity index (χ0) is 17.8. The van der Waals surface area contributed by atoms with E-state index < -0.39 is 0 Å². The minimum atomic E-state index is -0.293. The van der Waals surface area contributed by atoms with Gasteiger partial charge in [0, 0.05) is 21.8 Å². The number of carbonyl (C=O) groups excluding carboxylic acids is 1. The Hall–Kier alpha value is -2.44. The summed E-state index contributed by atoms with van der Waals surface area (Å²) in [5.74, 6) is -0.456. The number of halogens is 2. The predicted octanol–water partition coefficient (Wildman–Crippen LogP) is 5.17. The van der Waals surface area contributed by atoms with Crippen molar-refractivity contribution in [1.29, 1.82) is 0 Å². The molecule has 3 aromatic rings. The molecule has 4 nitrogen and oxygen atoms in total. The Morgan fingerprint density at radius 3 is 2.76 bits per heavy atom. The number of hydrogen-bond donors (Lipinski definition) is 2. The van der Waals surface area contributed by atoms with Crippen molar-refractivity contribution in [2.45, 2.75) is 13.3 Å². The highest BCUT2D eigenvalue weighted by Gasteiger charge is 2.10. The fourth-order valence-electron chi connectivity index (χ4n) is 2.20. The fraction of sp³-hybridized carbons (Fsp3) is 0.111. The third-order valence-corrected chi connectivity index (χ3v) is 4.75. The molecule has 1 aromatic heterocycles. The monoisotopic (exact) mass is 375 g/mol. The number of hydrogen-bond acceptors (Lipinski definition) is 4. The van der Waals surface area contributed by atoms with Crippen molar-refractivity contribution in [2.75, 3.05) is 10.6 Å². The molecule has 25 heavy (non-hydrogen) atoms. The number of benzene rings is 2. The maximum Gasteiger partial charge on any atom is 0.230 e. The van der Waals surface area contributed by atoms with Crippen LogP contribution in [0, 0.1) is 12.7 Å². The van der Waals surface area contributed by atoms with Crippen molar-refractivity contribution >= 4 is 45.4 Å². The fourth-order valence-corrected chi connectivity index (χ4v) is 3.11. The first-order valence-electron chi connectivity index (χ1n) is 7.53. The molecule has 2 N–H and O–H groups in total. The van der Waals surface area contributed by atoms with Gasteiger partial charge in [-0.05, 0) is 48.9 Å². The molecular weight excluding hydrogens is 361 g/mol. The Bertz CT molecular complexity index is 896. The lowest BCUT2D eigenvalue weighted by molar-refractivity contribution is -0.115. The van der Waals surface area contributed by atoms with Gasteiger partial charge in [-0.1, -0.05) is 17.7 Å². The van der Waals surface area contributed by atoms with E-state index in [9.17, 15) is 9.18 Å². The van der Waals surface area contributed by atoms with Crippen LogP contribution in [0.1, 0.15) is 11.3 Å². The maximum atomic E-state index is 12.9. The van der Waals surface area contributed by atoms with E-state index in [-0.39, 0.29) is 18.1 Å². The number of amides is 1. The molecule has 0 aliphatic carbocycles. The minimum absolute atomic E-state index is 0.160. The standard InChI is InChI=1S/C18H15ClFN3OS/c1-11-15(19)3-2-4-16(11)23-17(24)9-14-10-25-18(22-14)21-13-7-5-12(20)6-8-13/h2-8,10H,9H2,1H3,(H,21,22)(H,23,24). The highest BCUT2D eigenvalue weighted by molar-refractivity contribution is 7.13. The molecule has 0 aliphatic heterocycles. The number of anilines is 3. The summed E-state index contributed by atoms with van der Waals surface area (Å²) in [7, 11) is 0. The first-order chi connectivity index (χ1) is 12.0. The van der Waals surface area contributed by atoms with Crippen molar-refractivity contribution in [3.8, 4) is 0 Å². The number of thiazole rings is 1. The minimum Gasteiger partial charge on any atom is -0.332 e. The molecule has 128 valence electrons. The quantitative estimate of drug-likeness (QED) is 0.646. The summed E-state index contributed by atoms with van der Waals surface area (Å²) in [4.78, 5) is 16.6. The molecule has 0 bridgehead atoms. The van der Waals surface area contributed by atoms with E-state index in [1.807, 2.05) is 18.4 Å². The van der Waals surface area contributed by atoms with Gasteiger partial charge < -0.3 is 10.6 Å². The SMILES string of the molecule is Cc1c(Cl)cccc1NC(=O)Cc1csc(Nc2ccc(F)cc2)n1. The van der Waals surface area contributed by atoms with Crippen LogP contribution in [0.15, 0.2) is 47.8 Å². The van der Waals surface area contributed by atoms with Gasteiger partial charge in [-0.2, -0.15) is 0 Å². The highest BCUT2D eigenvalue weighted by Crippen LogP contribution is 2.24. The lowest BCUT2D eigenvalue weighted by atomic mass is 10.2. The smallest absolute Gasteiger partial charge is 0.230 e. The molecule has 0 fully saturated rings. The Balaban J connectivity index is 1.61. The third kappa shape index (κ3) is 4.55. The van der Waals surface area contributed by atoms with Gasteiger partial charge in [-0.15, -0.1) is 11.3 Å². The van der Waals surface area contributed by atoms with E-state index in [4.69, 9.17) is 11.6 Å². The van der Waals surface area contributed by atoms with Crippen molar-refractivity contribution in [1.82, 2.24) is 4.98 Å². The number of nitrogens with zero attached hydrogens (tertiary/aromatic N) is 1. The lowest BCUT2D eigenvalue weighted by Crippen LogP contribution is -2.15. The molecule has 0 spiro atoms. The van der Waals surface area contributed by atoms with E-state index >= 15 is 0 Å². The van der Waals surface area contributed by atoms with Gasteiger partial charge in [0.1, 0.15) is 5.82 Å². The zero-order valence-corrected chi connectivity index (χ0v) is 14.9. The van der Waals surface area contributed by atoms with Crippen molar-refractivity contribution in [3.05, 3.63) is 69.9 Å². The van der Waals surface area contributed by atoms with Gasteiger partial charge in [0.15, 0.2) is 5.13 Å². The van der Waals surface area contributed by atoms with Crippen LogP contribution in [-0.2, 0) is 11.2 Å². The molecule has 0 atom stereocenters. The number of carbonyl (C=O) groups is 1. The molecule has 3 rings (SSSR count). The van der Waals surface area contributed by atoms with E-state index in [0.717, 1.165) is 11.3 Å². The average molecular weight is 376 g/mol. The molecule has 7 heteroatoms. The summed E-state index contributed by atoms with van der Waals surface area (Å²) in [6.07, 6.45) is 0.160. The Morgan fingerprint density at radius 2 is 2.00 bits per heavy atom. The molecule has 1 amide bonds. The van der Waals surface area contributed by atoms with Gasteiger partial charge in [-0.3, -0.25) is 4.79 Å². The number of aromatic nitrogens is 1. The van der Waals surface area contributed by atoms with E-state index in [1.54, 1.807) is 24.3 Å². The second-order valence-electron chi connectivity index (χ2n) is 5.41. The van der Waals surface area contributed by atoms with E-state index in [2.05, 4.69) is 15.6 Å². The molecule has 1 heterocycles. The summed E-state index contributed by atoms with van der Waals surface area (Å²) in [5.41, 5.74) is 2.92. The molecule has 0 radical (unpaired) electrons. The van der Waals surface area contributed by atoms with Gasteiger partial charge in [0.05, 0.1) is 12.1 Å². The second-order valence-corrected chi connectivity index (χ2v) is 6.68. The van der Waals surface area contributed by atoms with Crippen LogP contribution in [0.4, 0.5) is 20.9 Å². The van der Waals surface area contributed by atoms with E-state index in [0.29, 0.717) is 21.5 Å². The highest BCUT2D eigenvalue weighted by atomic mass is 35.5. The molecule has 0 unspecified atom stereocenters. The lowest BCUT2D eigenvalue weighted by Gasteiger charge is -2.08. The normalized spacial score (nSPS) is 10.5. The Kier molecular flexibility index (Phi) is 5.31. The molecule has 0 aliphatic rings. The van der Waals surface area contributed by atoms with Crippen LogP contribution in [0.25, 0.3) is 0 Å². The maximum absolute atomic E-state index is 12.9. The third-order valence-electron chi connectivity index (χ3n) is 3.53. The number of rotatable bonds is 5. The van der Waals surface area contributed by atoms with Crippen molar-refractivity contribution in [2.24, 2.45) is 0 Å². The first-order valence-corrected chi connectivity index (χ1v) is 8.79. The summed E-state index contributed by atoms with van der Waals surface area (Å²) in [6.45, 7) is 1.85. The largest absolute Gasteiger partial charge is 0.332 e. The zero-order valence-electron chi connectivity index (χ0n) is 13.3. The Morgan fingerprint density at radius 1 is 1.24 bits per heavy atom. The van der Waals surface area contributed by atoms with Crippen molar-refractivity contribution < 1.29 is 9.18 Å².